The van der Waals surface area contributed by atoms with Crippen molar-refractivity contribution in [2.45, 2.75) is 25.3 Å². The number of rotatable bonds is 3. The molecule has 104 valence electrons. The van der Waals surface area contributed by atoms with E-state index in [0.29, 0.717) is 18.2 Å². The standard InChI is InChI=1S/C15H18N4O/c16-8-10-4-3-7-11(10)19-15(20)14-9-17-12-5-1-2-6-13(12)18-14/h1-2,5-6,9-11H,3-4,7-8,16H2,(H,19,20). The van der Waals surface area contributed by atoms with Crippen molar-refractivity contribution in [3.63, 3.8) is 0 Å². The quantitative estimate of drug-likeness (QED) is 0.885. The SMILES string of the molecule is NCC1CCCC1NC(=O)c1cnc2ccccc2n1. The topological polar surface area (TPSA) is 80.9 Å². The minimum atomic E-state index is -0.159. The number of carbonyl (C=O) groups is 1. The normalized spacial score (nSPS) is 22.1. The molecule has 2 unspecified atom stereocenters. The van der Waals surface area contributed by atoms with E-state index in [2.05, 4.69) is 15.3 Å². The first kappa shape index (κ1) is 13.0. The maximum absolute atomic E-state index is 12.3. The highest BCUT2D eigenvalue weighted by molar-refractivity contribution is 5.93. The van der Waals surface area contributed by atoms with E-state index < -0.39 is 0 Å². The van der Waals surface area contributed by atoms with Gasteiger partial charge < -0.3 is 11.1 Å². The van der Waals surface area contributed by atoms with E-state index >= 15 is 0 Å². The summed E-state index contributed by atoms with van der Waals surface area (Å²) in [6, 6.07) is 7.70. The van der Waals surface area contributed by atoms with Gasteiger partial charge in [-0.05, 0) is 37.4 Å². The molecule has 0 radical (unpaired) electrons. The molecule has 0 bridgehead atoms. The van der Waals surface area contributed by atoms with Crippen molar-refractivity contribution in [1.82, 2.24) is 15.3 Å². The monoisotopic (exact) mass is 270 g/mol. The van der Waals surface area contributed by atoms with Crippen molar-refractivity contribution in [1.29, 1.82) is 0 Å². The van der Waals surface area contributed by atoms with Crippen molar-refractivity contribution in [2.24, 2.45) is 11.7 Å². The van der Waals surface area contributed by atoms with Gasteiger partial charge in [0.2, 0.25) is 0 Å². The number of carbonyl (C=O) groups excluding carboxylic acids is 1. The van der Waals surface area contributed by atoms with Crippen LogP contribution in [0.1, 0.15) is 29.8 Å². The predicted molar refractivity (Wildman–Crippen MR) is 77.2 cm³/mol. The van der Waals surface area contributed by atoms with E-state index in [1.165, 1.54) is 6.20 Å². The lowest BCUT2D eigenvalue weighted by Gasteiger charge is -2.19. The molecule has 1 saturated carbocycles. The zero-order chi connectivity index (χ0) is 13.9. The second-order valence-corrected chi connectivity index (χ2v) is 5.25. The van der Waals surface area contributed by atoms with Gasteiger partial charge in [-0.2, -0.15) is 0 Å². The molecular formula is C15H18N4O. The Labute approximate surface area is 117 Å². The number of nitrogens with zero attached hydrogens (tertiary/aromatic N) is 2. The second-order valence-electron chi connectivity index (χ2n) is 5.25. The summed E-state index contributed by atoms with van der Waals surface area (Å²) < 4.78 is 0. The molecule has 0 saturated heterocycles. The fourth-order valence-corrected chi connectivity index (χ4v) is 2.82. The van der Waals surface area contributed by atoms with Crippen LogP contribution in [0.25, 0.3) is 11.0 Å². The fourth-order valence-electron chi connectivity index (χ4n) is 2.82. The minimum absolute atomic E-state index is 0.159. The van der Waals surface area contributed by atoms with Crippen LogP contribution in [-0.2, 0) is 0 Å². The van der Waals surface area contributed by atoms with Crippen LogP contribution < -0.4 is 11.1 Å². The average Bonchev–Trinajstić information content (AvgIpc) is 2.94. The summed E-state index contributed by atoms with van der Waals surface area (Å²) in [6.07, 6.45) is 4.74. The number of para-hydroxylation sites is 2. The number of hydrogen-bond donors (Lipinski definition) is 2. The zero-order valence-corrected chi connectivity index (χ0v) is 11.2. The molecule has 20 heavy (non-hydrogen) atoms. The summed E-state index contributed by atoms with van der Waals surface area (Å²) in [5, 5.41) is 3.04. The summed E-state index contributed by atoms with van der Waals surface area (Å²) in [6.45, 7) is 0.619. The average molecular weight is 270 g/mol. The van der Waals surface area contributed by atoms with E-state index in [1.807, 2.05) is 24.3 Å². The molecule has 5 heteroatoms. The molecule has 1 aliphatic rings. The van der Waals surface area contributed by atoms with Crippen LogP contribution in [0.15, 0.2) is 30.5 Å². The molecule has 3 rings (SSSR count). The van der Waals surface area contributed by atoms with Gasteiger partial charge in [0.25, 0.3) is 5.91 Å². The largest absolute Gasteiger partial charge is 0.348 e. The van der Waals surface area contributed by atoms with E-state index in [4.69, 9.17) is 5.73 Å². The molecule has 1 heterocycles. The Hall–Kier alpha value is -2.01. The molecule has 1 aliphatic carbocycles. The van der Waals surface area contributed by atoms with Gasteiger partial charge in [0, 0.05) is 6.04 Å². The van der Waals surface area contributed by atoms with Crippen LogP contribution in [-0.4, -0.2) is 28.5 Å². The Morgan fingerprint density at radius 2 is 2.10 bits per heavy atom. The number of nitrogens with one attached hydrogen (secondary N) is 1. The summed E-state index contributed by atoms with van der Waals surface area (Å²) in [5.41, 5.74) is 7.63. The third-order valence-corrected chi connectivity index (χ3v) is 3.96. The lowest BCUT2D eigenvalue weighted by molar-refractivity contribution is 0.0923. The van der Waals surface area contributed by atoms with Gasteiger partial charge >= 0.3 is 0 Å². The molecule has 5 nitrogen and oxygen atoms in total. The molecule has 1 fully saturated rings. The van der Waals surface area contributed by atoms with Crippen molar-refractivity contribution >= 4 is 16.9 Å². The van der Waals surface area contributed by atoms with E-state index in [0.717, 1.165) is 30.3 Å². The van der Waals surface area contributed by atoms with Gasteiger partial charge in [-0.1, -0.05) is 18.6 Å². The van der Waals surface area contributed by atoms with Crippen LogP contribution in [0.4, 0.5) is 0 Å². The number of aromatic nitrogens is 2. The molecule has 1 aromatic heterocycles. The molecule has 3 N–H and O–H groups in total. The molecule has 0 spiro atoms. The van der Waals surface area contributed by atoms with Crippen molar-refractivity contribution in [2.75, 3.05) is 6.54 Å². The van der Waals surface area contributed by atoms with E-state index in [-0.39, 0.29) is 11.9 Å². The molecule has 1 aromatic carbocycles. The zero-order valence-electron chi connectivity index (χ0n) is 11.2. The molecule has 2 aromatic rings. The third kappa shape index (κ3) is 2.49. The van der Waals surface area contributed by atoms with Crippen LogP contribution in [0, 0.1) is 5.92 Å². The number of fused-ring (bicyclic) bond motifs is 1. The van der Waals surface area contributed by atoms with Gasteiger partial charge in [-0.3, -0.25) is 9.78 Å². The highest BCUT2D eigenvalue weighted by Gasteiger charge is 2.27. The van der Waals surface area contributed by atoms with Crippen LogP contribution in [0.2, 0.25) is 0 Å². The van der Waals surface area contributed by atoms with E-state index in [1.54, 1.807) is 0 Å². The second kappa shape index (κ2) is 5.54. The van der Waals surface area contributed by atoms with Gasteiger partial charge in [0.1, 0.15) is 5.69 Å². The highest BCUT2D eigenvalue weighted by atomic mass is 16.1. The molecule has 0 aliphatic heterocycles. The summed E-state index contributed by atoms with van der Waals surface area (Å²) in [7, 11) is 0. The molecular weight excluding hydrogens is 252 g/mol. The Balaban J connectivity index is 1.78. The number of amides is 1. The number of nitrogens with two attached hydrogens (primary N) is 1. The lowest BCUT2D eigenvalue weighted by Crippen LogP contribution is -2.40. The highest BCUT2D eigenvalue weighted by Crippen LogP contribution is 2.24. The maximum atomic E-state index is 12.3. The first-order valence-electron chi connectivity index (χ1n) is 7.00. The summed E-state index contributed by atoms with van der Waals surface area (Å²) in [4.78, 5) is 20.9. The van der Waals surface area contributed by atoms with Crippen LogP contribution in [0.3, 0.4) is 0 Å². The first-order chi connectivity index (χ1) is 9.78. The van der Waals surface area contributed by atoms with Crippen LogP contribution >= 0.6 is 0 Å². The van der Waals surface area contributed by atoms with Gasteiger partial charge in [0.05, 0.1) is 17.2 Å². The predicted octanol–water partition coefficient (Wildman–Crippen LogP) is 1.49. The van der Waals surface area contributed by atoms with Crippen LogP contribution in [0.5, 0.6) is 0 Å². The lowest BCUT2D eigenvalue weighted by atomic mass is 10.0. The van der Waals surface area contributed by atoms with Gasteiger partial charge in [0.15, 0.2) is 0 Å². The third-order valence-electron chi connectivity index (χ3n) is 3.96. The van der Waals surface area contributed by atoms with Crippen molar-refractivity contribution in [3.8, 4) is 0 Å². The first-order valence-corrected chi connectivity index (χ1v) is 7.00. The van der Waals surface area contributed by atoms with Gasteiger partial charge in [-0.25, -0.2) is 4.98 Å². The smallest absolute Gasteiger partial charge is 0.271 e. The Bertz CT molecular complexity index is 628. The minimum Gasteiger partial charge on any atom is -0.348 e. The molecule has 1 amide bonds. The molecule has 2 atom stereocenters. The number of hydrogen-bond acceptors (Lipinski definition) is 4. The van der Waals surface area contributed by atoms with Crippen molar-refractivity contribution in [3.05, 3.63) is 36.2 Å². The van der Waals surface area contributed by atoms with Crippen molar-refractivity contribution < 1.29 is 4.79 Å². The van der Waals surface area contributed by atoms with Gasteiger partial charge in [-0.15, -0.1) is 0 Å². The summed E-state index contributed by atoms with van der Waals surface area (Å²) >= 11 is 0. The number of benzene rings is 1. The Morgan fingerprint density at radius 1 is 1.30 bits per heavy atom. The fraction of sp³-hybridized carbons (Fsp3) is 0.400. The van der Waals surface area contributed by atoms with E-state index in [9.17, 15) is 4.79 Å². The Kier molecular flexibility index (Phi) is 3.60. The summed E-state index contributed by atoms with van der Waals surface area (Å²) in [5.74, 6) is 0.223. The Morgan fingerprint density at radius 3 is 2.90 bits per heavy atom. The maximum Gasteiger partial charge on any atom is 0.271 e.